The first kappa shape index (κ1) is 16.2. The fourth-order valence-electron chi connectivity index (χ4n) is 1.51. The molecule has 0 aromatic heterocycles. The molecule has 0 aliphatic rings. The molecule has 20 heavy (non-hydrogen) atoms. The van der Waals surface area contributed by atoms with E-state index in [2.05, 4.69) is 4.72 Å². The lowest BCUT2D eigenvalue weighted by Gasteiger charge is -2.07. The van der Waals surface area contributed by atoms with Crippen LogP contribution in [0.1, 0.15) is 25.3 Å². The monoisotopic (exact) mass is 299 g/mol. The van der Waals surface area contributed by atoms with Gasteiger partial charge in [0.15, 0.2) is 0 Å². The Hall–Kier alpha value is -1.89. The van der Waals surface area contributed by atoms with E-state index in [9.17, 15) is 18.0 Å². The lowest BCUT2D eigenvalue weighted by Crippen LogP contribution is -2.18. The molecule has 0 atom stereocenters. The average molecular weight is 299 g/mol. The minimum Gasteiger partial charge on any atom is -0.481 e. The quantitative estimate of drug-likeness (QED) is 0.756. The number of hydrogen-bond acceptors (Lipinski definition) is 4. The predicted octanol–water partition coefficient (Wildman–Crippen LogP) is 1.42. The van der Waals surface area contributed by atoms with Crippen molar-refractivity contribution in [2.45, 2.75) is 26.2 Å². The third kappa shape index (κ3) is 6.33. The molecule has 7 heteroatoms. The number of carbonyl (C=O) groups excluding carboxylic acids is 1. The van der Waals surface area contributed by atoms with Crippen LogP contribution >= 0.6 is 0 Å². The van der Waals surface area contributed by atoms with Crippen molar-refractivity contribution in [2.75, 3.05) is 10.5 Å². The Morgan fingerprint density at radius 1 is 1.15 bits per heavy atom. The summed E-state index contributed by atoms with van der Waals surface area (Å²) in [4.78, 5) is 21.2. The van der Waals surface area contributed by atoms with Crippen LogP contribution in [0.2, 0.25) is 0 Å². The van der Waals surface area contributed by atoms with Gasteiger partial charge in [-0.15, -0.1) is 0 Å². The minimum atomic E-state index is -3.65. The third-order valence-corrected chi connectivity index (χ3v) is 3.87. The van der Waals surface area contributed by atoms with E-state index < -0.39 is 28.2 Å². The molecule has 0 aliphatic carbocycles. The van der Waals surface area contributed by atoms with E-state index in [4.69, 9.17) is 5.11 Å². The molecule has 0 radical (unpaired) electrons. The summed E-state index contributed by atoms with van der Waals surface area (Å²) in [5, 5.41) is 8.46. The maximum Gasteiger partial charge on any atom is 0.304 e. The van der Waals surface area contributed by atoms with E-state index in [1.54, 1.807) is 24.3 Å². The molecule has 0 fully saturated rings. The summed E-state index contributed by atoms with van der Waals surface area (Å²) in [6.45, 7) is 1.52. The van der Waals surface area contributed by atoms with E-state index in [1.165, 1.54) is 6.92 Å². The highest BCUT2D eigenvalue weighted by molar-refractivity contribution is 7.92. The van der Waals surface area contributed by atoms with Crippen LogP contribution in [0.25, 0.3) is 0 Å². The van der Waals surface area contributed by atoms with Crippen molar-refractivity contribution < 1.29 is 23.1 Å². The highest BCUT2D eigenvalue weighted by Gasteiger charge is 2.12. The van der Waals surface area contributed by atoms with E-state index in [0.717, 1.165) is 5.56 Å². The number of benzene rings is 1. The maximum atomic E-state index is 11.6. The molecule has 1 aromatic carbocycles. The summed E-state index contributed by atoms with van der Waals surface area (Å²) in [5.41, 5.74) is 1.32. The Morgan fingerprint density at radius 3 is 2.25 bits per heavy atom. The topological polar surface area (TPSA) is 101 Å². The SMILES string of the molecule is CC(=O)CCc1ccc(NS(=O)(=O)CCC(=O)O)cc1. The van der Waals surface area contributed by atoms with Gasteiger partial charge in [-0.2, -0.15) is 0 Å². The van der Waals surface area contributed by atoms with Crippen molar-refractivity contribution in [1.82, 2.24) is 0 Å². The largest absolute Gasteiger partial charge is 0.481 e. The first-order chi connectivity index (χ1) is 9.28. The Bertz CT molecular complexity index is 577. The average Bonchev–Trinajstić information content (AvgIpc) is 2.35. The number of sulfonamides is 1. The molecule has 0 heterocycles. The van der Waals surface area contributed by atoms with Gasteiger partial charge in [0.2, 0.25) is 10.0 Å². The van der Waals surface area contributed by atoms with Gasteiger partial charge in [0.25, 0.3) is 0 Å². The van der Waals surface area contributed by atoms with E-state index >= 15 is 0 Å². The van der Waals surface area contributed by atoms with Crippen molar-refractivity contribution in [3.05, 3.63) is 29.8 Å². The standard InChI is InChI=1S/C13H17NO5S/c1-10(15)2-3-11-4-6-12(7-5-11)14-20(18,19)9-8-13(16)17/h4-7,14H,2-3,8-9H2,1H3,(H,16,17). The molecule has 0 aliphatic heterocycles. The first-order valence-corrected chi connectivity index (χ1v) is 7.74. The van der Waals surface area contributed by atoms with Crippen LogP contribution in [0.3, 0.4) is 0 Å². The normalized spacial score (nSPS) is 11.1. The minimum absolute atomic E-state index is 0.100. The van der Waals surface area contributed by atoms with Crippen molar-refractivity contribution in [1.29, 1.82) is 0 Å². The van der Waals surface area contributed by atoms with Gasteiger partial charge in [0.1, 0.15) is 5.78 Å². The number of aliphatic carboxylic acids is 1. The third-order valence-electron chi connectivity index (χ3n) is 2.58. The highest BCUT2D eigenvalue weighted by atomic mass is 32.2. The van der Waals surface area contributed by atoms with E-state index in [-0.39, 0.29) is 5.78 Å². The van der Waals surface area contributed by atoms with Gasteiger partial charge < -0.3 is 9.90 Å². The zero-order chi connectivity index (χ0) is 15.2. The Morgan fingerprint density at radius 2 is 1.75 bits per heavy atom. The van der Waals surface area contributed by atoms with Crippen molar-refractivity contribution >= 4 is 27.5 Å². The lowest BCUT2D eigenvalue weighted by atomic mass is 10.1. The molecule has 0 bridgehead atoms. The molecule has 0 amide bonds. The summed E-state index contributed by atoms with van der Waals surface area (Å²) in [5.74, 6) is -1.52. The molecule has 0 saturated heterocycles. The van der Waals surface area contributed by atoms with Crippen LogP contribution < -0.4 is 4.72 Å². The lowest BCUT2D eigenvalue weighted by molar-refractivity contribution is -0.136. The number of carboxylic acid groups (broad SMARTS) is 1. The number of aryl methyl sites for hydroxylation is 1. The van der Waals surface area contributed by atoms with Crippen molar-refractivity contribution in [3.63, 3.8) is 0 Å². The Balaban J connectivity index is 2.60. The zero-order valence-corrected chi connectivity index (χ0v) is 11.9. The van der Waals surface area contributed by atoms with Gasteiger partial charge in [0, 0.05) is 12.1 Å². The number of carboxylic acids is 1. The number of anilines is 1. The summed E-state index contributed by atoms with van der Waals surface area (Å²) in [6.07, 6.45) is 0.622. The molecular weight excluding hydrogens is 282 g/mol. The zero-order valence-electron chi connectivity index (χ0n) is 11.1. The van der Waals surface area contributed by atoms with E-state index in [1.807, 2.05) is 0 Å². The second-order valence-electron chi connectivity index (χ2n) is 4.46. The van der Waals surface area contributed by atoms with Crippen LogP contribution in [-0.4, -0.2) is 31.0 Å². The van der Waals surface area contributed by atoms with Gasteiger partial charge in [-0.25, -0.2) is 8.42 Å². The number of ketones is 1. The van der Waals surface area contributed by atoms with Crippen LogP contribution in [-0.2, 0) is 26.0 Å². The number of hydrogen-bond donors (Lipinski definition) is 2. The number of rotatable bonds is 8. The van der Waals surface area contributed by atoms with Crippen molar-refractivity contribution in [3.8, 4) is 0 Å². The van der Waals surface area contributed by atoms with Gasteiger partial charge in [0.05, 0.1) is 12.2 Å². The van der Waals surface area contributed by atoms with E-state index in [0.29, 0.717) is 18.5 Å². The van der Waals surface area contributed by atoms with Crippen LogP contribution in [0.4, 0.5) is 5.69 Å². The number of carbonyl (C=O) groups is 2. The molecule has 0 spiro atoms. The summed E-state index contributed by atoms with van der Waals surface area (Å²) in [7, 11) is -3.65. The maximum absolute atomic E-state index is 11.6. The fourth-order valence-corrected chi connectivity index (χ4v) is 2.55. The summed E-state index contributed by atoms with van der Waals surface area (Å²) in [6, 6.07) is 6.65. The first-order valence-electron chi connectivity index (χ1n) is 6.09. The van der Waals surface area contributed by atoms with Crippen LogP contribution in [0, 0.1) is 0 Å². The summed E-state index contributed by atoms with van der Waals surface area (Å²) < 4.78 is 25.5. The number of nitrogens with one attached hydrogen (secondary N) is 1. The predicted molar refractivity (Wildman–Crippen MR) is 75.1 cm³/mol. The highest BCUT2D eigenvalue weighted by Crippen LogP contribution is 2.13. The summed E-state index contributed by atoms with van der Waals surface area (Å²) >= 11 is 0. The van der Waals surface area contributed by atoms with Crippen LogP contribution in [0.5, 0.6) is 0 Å². The van der Waals surface area contributed by atoms with Gasteiger partial charge in [-0.1, -0.05) is 12.1 Å². The van der Waals surface area contributed by atoms with Gasteiger partial charge in [-0.05, 0) is 31.0 Å². The molecule has 1 aromatic rings. The smallest absolute Gasteiger partial charge is 0.304 e. The second kappa shape index (κ2) is 7.04. The Kier molecular flexibility index (Phi) is 5.69. The van der Waals surface area contributed by atoms with Gasteiger partial charge in [-0.3, -0.25) is 9.52 Å². The number of Topliss-reactive ketones (excluding diaryl/α,β-unsaturated/α-hetero) is 1. The molecule has 2 N–H and O–H groups in total. The van der Waals surface area contributed by atoms with Crippen molar-refractivity contribution in [2.24, 2.45) is 0 Å². The molecule has 0 saturated carbocycles. The fraction of sp³-hybridized carbons (Fsp3) is 0.385. The molecule has 0 unspecified atom stereocenters. The molecule has 6 nitrogen and oxygen atoms in total. The Labute approximate surface area is 117 Å². The molecule has 110 valence electrons. The van der Waals surface area contributed by atoms with Crippen LogP contribution in [0.15, 0.2) is 24.3 Å². The molecular formula is C13H17NO5S. The molecule has 1 rings (SSSR count). The van der Waals surface area contributed by atoms with Gasteiger partial charge >= 0.3 is 5.97 Å². The second-order valence-corrected chi connectivity index (χ2v) is 6.31.